The molecule has 0 saturated heterocycles. The Kier molecular flexibility index (Phi) is 6.51. The smallest absolute Gasteiger partial charge is 0.339 e. The van der Waals surface area contributed by atoms with Crippen molar-refractivity contribution in [3.8, 4) is 11.5 Å². The minimum atomic E-state index is -1.13. The van der Waals surface area contributed by atoms with Crippen molar-refractivity contribution < 1.29 is 20.1 Å². The maximum absolute atomic E-state index is 11.8. The largest absolute Gasteiger partial charge is 0.508 e. The molecule has 1 aromatic rings. The van der Waals surface area contributed by atoms with Crippen LogP contribution in [0.4, 0.5) is 0 Å². The number of carboxylic acid groups (broad SMARTS) is 1. The summed E-state index contributed by atoms with van der Waals surface area (Å²) in [5, 5.41) is 31.0. The number of phenols is 2. The van der Waals surface area contributed by atoms with Crippen LogP contribution in [-0.4, -0.2) is 21.3 Å². The molecule has 0 unspecified atom stereocenters. The molecule has 0 aromatic heterocycles. The Morgan fingerprint density at radius 3 is 2.52 bits per heavy atom. The minimum absolute atomic E-state index is 0.0205. The molecule has 1 fully saturated rings. The Hall–Kier alpha value is -1.97. The van der Waals surface area contributed by atoms with E-state index in [1.165, 1.54) is 0 Å². The summed E-state index contributed by atoms with van der Waals surface area (Å²) in [7, 11) is 0. The van der Waals surface area contributed by atoms with Crippen LogP contribution >= 0.6 is 0 Å². The van der Waals surface area contributed by atoms with E-state index >= 15 is 0 Å². The Labute approximate surface area is 150 Å². The molecule has 1 aliphatic carbocycles. The summed E-state index contributed by atoms with van der Waals surface area (Å²) in [4.78, 5) is 11.8. The van der Waals surface area contributed by atoms with Crippen LogP contribution in [0.3, 0.4) is 0 Å². The molecule has 1 aliphatic rings. The van der Waals surface area contributed by atoms with Crippen molar-refractivity contribution in [1.29, 1.82) is 0 Å². The fourth-order valence-corrected chi connectivity index (χ4v) is 4.16. The maximum Gasteiger partial charge on any atom is 0.339 e. The third-order valence-corrected chi connectivity index (χ3v) is 5.43. The second kappa shape index (κ2) is 8.41. The number of carbonyl (C=O) groups is 1. The molecular weight excluding hydrogens is 316 g/mol. The van der Waals surface area contributed by atoms with E-state index in [9.17, 15) is 20.1 Å². The Morgan fingerprint density at radius 2 is 1.92 bits per heavy atom. The van der Waals surface area contributed by atoms with Gasteiger partial charge in [-0.2, -0.15) is 0 Å². The van der Waals surface area contributed by atoms with E-state index in [4.69, 9.17) is 0 Å². The highest BCUT2D eigenvalue weighted by molar-refractivity contribution is 5.93. The van der Waals surface area contributed by atoms with Crippen LogP contribution in [0.1, 0.15) is 86.2 Å². The molecule has 138 valence electrons. The molecule has 2 atom stereocenters. The van der Waals surface area contributed by atoms with E-state index in [-0.39, 0.29) is 28.9 Å². The Bertz CT molecular complexity index is 648. The summed E-state index contributed by atoms with van der Waals surface area (Å²) in [6, 6.07) is 1.55. The van der Waals surface area contributed by atoms with Gasteiger partial charge in [-0.3, -0.25) is 0 Å². The standard InChI is InChI=1S/C21H30O4/c1-4-5-6-9-14-12-17(22)19(20(23)18(14)21(24)25)16-11-8-7-10-15(16)13(2)3/h12,15-16,22-23H,2,4-11H2,1,3H3,(H,24,25)/t15-,16+/m0/s1. The predicted molar refractivity (Wildman–Crippen MR) is 99.5 cm³/mol. The lowest BCUT2D eigenvalue weighted by molar-refractivity contribution is 0.0692. The van der Waals surface area contributed by atoms with Crippen LogP contribution in [0.15, 0.2) is 18.2 Å². The first-order valence-corrected chi connectivity index (χ1v) is 9.34. The van der Waals surface area contributed by atoms with Crippen molar-refractivity contribution in [3.05, 3.63) is 34.9 Å². The van der Waals surface area contributed by atoms with Gasteiger partial charge in [-0.25, -0.2) is 4.79 Å². The lowest BCUT2D eigenvalue weighted by atomic mass is 9.71. The predicted octanol–water partition coefficient (Wildman–Crippen LogP) is 5.38. The molecule has 0 aliphatic heterocycles. The molecule has 4 nitrogen and oxygen atoms in total. The first kappa shape index (κ1) is 19.4. The number of rotatable bonds is 7. The average molecular weight is 346 g/mol. The van der Waals surface area contributed by atoms with Gasteiger partial charge in [-0.05, 0) is 56.1 Å². The molecule has 0 spiro atoms. The molecule has 0 radical (unpaired) electrons. The number of hydrogen-bond acceptors (Lipinski definition) is 3. The van der Waals surface area contributed by atoms with E-state index in [0.717, 1.165) is 50.5 Å². The van der Waals surface area contributed by atoms with Crippen molar-refractivity contribution in [2.45, 2.75) is 71.1 Å². The fourth-order valence-electron chi connectivity index (χ4n) is 4.16. The zero-order chi connectivity index (χ0) is 18.6. The molecule has 1 saturated carbocycles. The maximum atomic E-state index is 11.8. The van der Waals surface area contributed by atoms with Gasteiger partial charge in [0.15, 0.2) is 0 Å². The number of allylic oxidation sites excluding steroid dienone is 1. The summed E-state index contributed by atoms with van der Waals surface area (Å²) in [6.45, 7) is 8.11. The summed E-state index contributed by atoms with van der Waals surface area (Å²) < 4.78 is 0. The van der Waals surface area contributed by atoms with Crippen LogP contribution in [0.5, 0.6) is 11.5 Å². The molecular formula is C21H30O4. The summed E-state index contributed by atoms with van der Waals surface area (Å²) in [5.74, 6) is -1.27. The normalized spacial score (nSPS) is 20.4. The first-order valence-electron chi connectivity index (χ1n) is 9.34. The fraction of sp³-hybridized carbons (Fsp3) is 0.571. The molecule has 3 N–H and O–H groups in total. The van der Waals surface area contributed by atoms with Crippen LogP contribution < -0.4 is 0 Å². The minimum Gasteiger partial charge on any atom is -0.508 e. The van der Waals surface area contributed by atoms with Gasteiger partial charge in [0.1, 0.15) is 17.1 Å². The second-order valence-electron chi connectivity index (χ2n) is 7.30. The van der Waals surface area contributed by atoms with Crippen LogP contribution in [-0.2, 0) is 6.42 Å². The van der Waals surface area contributed by atoms with E-state index in [1.54, 1.807) is 6.07 Å². The van der Waals surface area contributed by atoms with E-state index in [2.05, 4.69) is 13.5 Å². The number of benzene rings is 1. The molecule has 0 bridgehead atoms. The Morgan fingerprint density at radius 1 is 1.24 bits per heavy atom. The van der Waals surface area contributed by atoms with Crippen molar-refractivity contribution in [3.63, 3.8) is 0 Å². The lowest BCUT2D eigenvalue weighted by Crippen LogP contribution is -2.20. The topological polar surface area (TPSA) is 77.8 Å². The number of phenolic OH excluding ortho intramolecular Hbond substituents is 1. The summed E-state index contributed by atoms with van der Waals surface area (Å²) >= 11 is 0. The van der Waals surface area contributed by atoms with E-state index in [1.807, 2.05) is 6.92 Å². The number of aryl methyl sites for hydroxylation is 1. The Balaban J connectivity index is 2.49. The highest BCUT2D eigenvalue weighted by Crippen LogP contribution is 2.49. The second-order valence-corrected chi connectivity index (χ2v) is 7.30. The van der Waals surface area contributed by atoms with Crippen molar-refractivity contribution in [1.82, 2.24) is 0 Å². The number of hydrogen-bond donors (Lipinski definition) is 3. The van der Waals surface area contributed by atoms with Crippen LogP contribution in [0, 0.1) is 5.92 Å². The molecule has 1 aromatic carbocycles. The molecule has 0 amide bonds. The summed E-state index contributed by atoms with van der Waals surface area (Å²) in [6.07, 6.45) is 7.29. The quantitative estimate of drug-likeness (QED) is 0.457. The molecule has 4 heteroatoms. The molecule has 2 rings (SSSR count). The van der Waals surface area contributed by atoms with Gasteiger partial charge in [0.05, 0.1) is 0 Å². The zero-order valence-electron chi connectivity index (χ0n) is 15.3. The summed E-state index contributed by atoms with van der Waals surface area (Å²) in [5.41, 5.74) is 1.88. The van der Waals surface area contributed by atoms with Gasteiger partial charge < -0.3 is 15.3 Å². The van der Waals surface area contributed by atoms with E-state index in [0.29, 0.717) is 17.5 Å². The lowest BCUT2D eigenvalue weighted by Gasteiger charge is -2.33. The van der Waals surface area contributed by atoms with Crippen molar-refractivity contribution in [2.75, 3.05) is 0 Å². The van der Waals surface area contributed by atoms with Gasteiger partial charge in [-0.15, -0.1) is 0 Å². The average Bonchev–Trinajstić information content (AvgIpc) is 2.54. The van der Waals surface area contributed by atoms with Gasteiger partial charge >= 0.3 is 5.97 Å². The van der Waals surface area contributed by atoms with Crippen molar-refractivity contribution >= 4 is 5.97 Å². The number of aromatic hydroxyl groups is 2. The number of aromatic carboxylic acids is 1. The van der Waals surface area contributed by atoms with Gasteiger partial charge in [0.25, 0.3) is 0 Å². The zero-order valence-corrected chi connectivity index (χ0v) is 15.3. The van der Waals surface area contributed by atoms with Gasteiger partial charge in [-0.1, -0.05) is 44.8 Å². The van der Waals surface area contributed by atoms with Gasteiger partial charge in [0.2, 0.25) is 0 Å². The molecule has 0 heterocycles. The number of carboxylic acids is 1. The SMILES string of the molecule is C=C(C)[C@@H]1CCCC[C@H]1c1c(O)cc(CCCCC)c(C(=O)O)c1O. The number of unbranched alkanes of at least 4 members (excludes halogenated alkanes) is 2. The third-order valence-electron chi connectivity index (χ3n) is 5.43. The van der Waals surface area contributed by atoms with Crippen molar-refractivity contribution in [2.24, 2.45) is 5.92 Å². The van der Waals surface area contributed by atoms with E-state index < -0.39 is 5.97 Å². The van der Waals surface area contributed by atoms with Gasteiger partial charge in [0, 0.05) is 5.56 Å². The highest BCUT2D eigenvalue weighted by atomic mass is 16.4. The third kappa shape index (κ3) is 4.17. The monoisotopic (exact) mass is 346 g/mol. The van der Waals surface area contributed by atoms with Crippen LogP contribution in [0.2, 0.25) is 0 Å². The van der Waals surface area contributed by atoms with Crippen LogP contribution in [0.25, 0.3) is 0 Å². The highest BCUT2D eigenvalue weighted by Gasteiger charge is 2.33. The molecule has 25 heavy (non-hydrogen) atoms. The first-order chi connectivity index (χ1) is 11.9.